The Balaban J connectivity index is 0.00000169. The van der Waals surface area contributed by atoms with Gasteiger partial charge >= 0.3 is 0 Å². The minimum absolute atomic E-state index is 0. The summed E-state index contributed by atoms with van der Waals surface area (Å²) < 4.78 is 12.0. The van der Waals surface area contributed by atoms with E-state index in [0.29, 0.717) is 6.42 Å². The van der Waals surface area contributed by atoms with Gasteiger partial charge in [-0.15, -0.1) is 24.2 Å². The summed E-state index contributed by atoms with van der Waals surface area (Å²) in [4.78, 5) is 1.20. The maximum Gasteiger partial charge on any atom is 0.0912 e. The molecule has 0 aliphatic carbocycles. The number of hydrogen-bond acceptors (Lipinski definition) is 2. The summed E-state index contributed by atoms with van der Waals surface area (Å²) in [6.07, 6.45) is 2.43. The quantitative estimate of drug-likeness (QED) is 0.812. The molecule has 0 unspecified atom stereocenters. The maximum absolute atomic E-state index is 12.0. The van der Waals surface area contributed by atoms with Crippen LogP contribution in [0.3, 0.4) is 0 Å². The van der Waals surface area contributed by atoms with Crippen molar-refractivity contribution in [3.63, 3.8) is 0 Å². The molecule has 80 valence electrons. The normalized spacial score (nSPS) is 11.9. The Morgan fingerprint density at radius 2 is 1.93 bits per heavy atom. The number of benzene rings is 1. The SMILES string of the molecule is CSc1ccc([C@H](N)CCF)cc1.Cl. The van der Waals surface area contributed by atoms with Gasteiger partial charge in [0.2, 0.25) is 0 Å². The minimum atomic E-state index is -0.356. The molecule has 0 fully saturated rings. The van der Waals surface area contributed by atoms with E-state index in [9.17, 15) is 4.39 Å². The summed E-state index contributed by atoms with van der Waals surface area (Å²) in [5, 5.41) is 0. The Kier molecular flexibility index (Phi) is 6.97. The van der Waals surface area contributed by atoms with Crippen LogP contribution >= 0.6 is 24.2 Å². The fourth-order valence-corrected chi connectivity index (χ4v) is 1.54. The van der Waals surface area contributed by atoms with Gasteiger partial charge in [-0.05, 0) is 30.4 Å². The van der Waals surface area contributed by atoms with E-state index in [1.54, 1.807) is 11.8 Å². The number of alkyl halides is 1. The van der Waals surface area contributed by atoms with Gasteiger partial charge in [0.05, 0.1) is 6.67 Å². The highest BCUT2D eigenvalue weighted by molar-refractivity contribution is 7.98. The van der Waals surface area contributed by atoms with E-state index in [-0.39, 0.29) is 25.1 Å². The molecule has 0 aliphatic heterocycles. The van der Waals surface area contributed by atoms with Crippen LogP contribution in [-0.4, -0.2) is 12.9 Å². The van der Waals surface area contributed by atoms with E-state index in [2.05, 4.69) is 0 Å². The predicted octanol–water partition coefficient (Wildman–Crippen LogP) is 3.19. The number of thioether (sulfide) groups is 1. The average Bonchev–Trinajstić information content (AvgIpc) is 2.18. The molecular weight excluding hydrogens is 221 g/mol. The lowest BCUT2D eigenvalue weighted by atomic mass is 10.1. The highest BCUT2D eigenvalue weighted by Crippen LogP contribution is 2.19. The molecule has 0 aromatic heterocycles. The summed E-state index contributed by atoms with van der Waals surface area (Å²) in [5.41, 5.74) is 6.76. The largest absolute Gasteiger partial charge is 0.324 e. The second kappa shape index (κ2) is 7.10. The molecule has 0 bridgehead atoms. The molecule has 0 aliphatic rings. The van der Waals surface area contributed by atoms with Crippen molar-refractivity contribution >= 4 is 24.2 Å². The van der Waals surface area contributed by atoms with Crippen LogP contribution in [0.25, 0.3) is 0 Å². The lowest BCUT2D eigenvalue weighted by Gasteiger charge is -2.09. The van der Waals surface area contributed by atoms with E-state index in [1.165, 1.54) is 4.90 Å². The van der Waals surface area contributed by atoms with Gasteiger partial charge in [-0.25, -0.2) is 0 Å². The minimum Gasteiger partial charge on any atom is -0.324 e. The molecule has 0 radical (unpaired) electrons. The smallest absolute Gasteiger partial charge is 0.0912 e. The number of hydrogen-bond donors (Lipinski definition) is 1. The third-order valence-corrected chi connectivity index (χ3v) is 2.71. The molecule has 1 aromatic carbocycles. The summed E-state index contributed by atoms with van der Waals surface area (Å²) in [5.74, 6) is 0. The zero-order chi connectivity index (χ0) is 9.68. The van der Waals surface area contributed by atoms with E-state index < -0.39 is 0 Å². The molecule has 1 nitrogen and oxygen atoms in total. The Morgan fingerprint density at radius 3 is 2.36 bits per heavy atom. The van der Waals surface area contributed by atoms with Gasteiger partial charge in [0.25, 0.3) is 0 Å². The van der Waals surface area contributed by atoms with Crippen molar-refractivity contribution in [2.45, 2.75) is 17.4 Å². The predicted molar refractivity (Wildman–Crippen MR) is 63.0 cm³/mol. The molecule has 2 N–H and O–H groups in total. The molecule has 4 heteroatoms. The third-order valence-electron chi connectivity index (χ3n) is 1.96. The fraction of sp³-hybridized carbons (Fsp3) is 0.400. The summed E-state index contributed by atoms with van der Waals surface area (Å²) in [7, 11) is 0. The first-order chi connectivity index (χ1) is 6.27. The van der Waals surface area contributed by atoms with Crippen molar-refractivity contribution in [1.82, 2.24) is 0 Å². The van der Waals surface area contributed by atoms with Crippen LogP contribution in [0.15, 0.2) is 29.2 Å². The molecular formula is C10H15ClFNS. The molecule has 0 saturated carbocycles. The highest BCUT2D eigenvalue weighted by atomic mass is 35.5. The van der Waals surface area contributed by atoms with Gasteiger partial charge < -0.3 is 5.73 Å². The first kappa shape index (κ1) is 13.8. The summed E-state index contributed by atoms with van der Waals surface area (Å²) >= 11 is 1.69. The van der Waals surface area contributed by atoms with Crippen LogP contribution in [0, 0.1) is 0 Å². The number of rotatable bonds is 4. The Hall–Kier alpha value is -0.250. The van der Waals surface area contributed by atoms with Crippen molar-refractivity contribution < 1.29 is 4.39 Å². The first-order valence-electron chi connectivity index (χ1n) is 4.23. The average molecular weight is 236 g/mol. The van der Waals surface area contributed by atoms with Crippen molar-refractivity contribution in [1.29, 1.82) is 0 Å². The second-order valence-corrected chi connectivity index (χ2v) is 3.74. The van der Waals surface area contributed by atoms with Crippen LogP contribution in [-0.2, 0) is 0 Å². The highest BCUT2D eigenvalue weighted by Gasteiger charge is 2.04. The molecule has 1 rings (SSSR count). The van der Waals surface area contributed by atoms with Crippen molar-refractivity contribution in [3.05, 3.63) is 29.8 Å². The van der Waals surface area contributed by atoms with E-state index in [1.807, 2.05) is 30.5 Å². The van der Waals surface area contributed by atoms with Gasteiger partial charge in [-0.3, -0.25) is 4.39 Å². The lowest BCUT2D eigenvalue weighted by Crippen LogP contribution is -2.10. The third kappa shape index (κ3) is 3.86. The van der Waals surface area contributed by atoms with Crippen molar-refractivity contribution in [2.75, 3.05) is 12.9 Å². The maximum atomic E-state index is 12.0. The standard InChI is InChI=1S/C10H14FNS.ClH/c1-13-9-4-2-8(3-5-9)10(12)6-7-11;/h2-5,10H,6-7,12H2,1H3;1H/t10-;/m1./s1. The number of nitrogens with two attached hydrogens (primary N) is 1. The van der Waals surface area contributed by atoms with E-state index in [4.69, 9.17) is 5.73 Å². The van der Waals surface area contributed by atoms with Crippen LogP contribution in [0.2, 0.25) is 0 Å². The summed E-state index contributed by atoms with van der Waals surface area (Å²) in [6, 6.07) is 7.79. The Morgan fingerprint density at radius 1 is 1.36 bits per heavy atom. The van der Waals surface area contributed by atoms with Crippen LogP contribution < -0.4 is 5.73 Å². The van der Waals surface area contributed by atoms with Gasteiger partial charge in [0.15, 0.2) is 0 Å². The molecule has 0 amide bonds. The van der Waals surface area contributed by atoms with Crippen LogP contribution in [0.1, 0.15) is 18.0 Å². The fourth-order valence-electron chi connectivity index (χ4n) is 1.14. The van der Waals surface area contributed by atoms with Crippen molar-refractivity contribution in [3.8, 4) is 0 Å². The van der Waals surface area contributed by atoms with Gasteiger partial charge in [0.1, 0.15) is 0 Å². The van der Waals surface area contributed by atoms with Crippen LogP contribution in [0.4, 0.5) is 4.39 Å². The second-order valence-electron chi connectivity index (χ2n) is 2.86. The van der Waals surface area contributed by atoms with E-state index in [0.717, 1.165) is 5.56 Å². The van der Waals surface area contributed by atoms with Gasteiger partial charge in [-0.1, -0.05) is 12.1 Å². The Bertz CT molecular complexity index is 253. The zero-order valence-corrected chi connectivity index (χ0v) is 9.71. The summed E-state index contributed by atoms with van der Waals surface area (Å²) in [6.45, 7) is -0.356. The molecule has 0 spiro atoms. The number of halogens is 2. The van der Waals surface area contributed by atoms with Crippen LogP contribution in [0.5, 0.6) is 0 Å². The first-order valence-corrected chi connectivity index (χ1v) is 5.46. The van der Waals surface area contributed by atoms with Gasteiger partial charge in [-0.2, -0.15) is 0 Å². The zero-order valence-electron chi connectivity index (χ0n) is 8.07. The molecule has 0 heterocycles. The van der Waals surface area contributed by atoms with Gasteiger partial charge in [0, 0.05) is 10.9 Å². The topological polar surface area (TPSA) is 26.0 Å². The Labute approximate surface area is 94.7 Å². The molecule has 14 heavy (non-hydrogen) atoms. The lowest BCUT2D eigenvalue weighted by molar-refractivity contribution is 0.442. The molecule has 0 saturated heterocycles. The molecule has 1 aromatic rings. The van der Waals surface area contributed by atoms with E-state index >= 15 is 0 Å². The molecule has 1 atom stereocenters. The van der Waals surface area contributed by atoms with Crippen molar-refractivity contribution in [2.24, 2.45) is 5.73 Å². The monoisotopic (exact) mass is 235 g/mol.